The molecule has 1 aromatic carbocycles. The average molecular weight is 294 g/mol. The number of hydrogen-bond donors (Lipinski definition) is 0. The normalized spacial score (nSPS) is 19.8. The molecule has 0 aromatic heterocycles. The van der Waals surface area contributed by atoms with Gasteiger partial charge >= 0.3 is 0 Å². The number of ketones is 1. The predicted molar refractivity (Wildman–Crippen MR) is 80.0 cm³/mol. The highest BCUT2D eigenvalue weighted by Gasteiger charge is 2.23. The summed E-state index contributed by atoms with van der Waals surface area (Å²) in [5.41, 5.74) is 0.571. The Balaban J connectivity index is 2.01. The second kappa shape index (κ2) is 6.89. The number of benzene rings is 1. The van der Waals surface area contributed by atoms with Crippen molar-refractivity contribution in [2.24, 2.45) is 5.92 Å². The predicted octanol–water partition coefficient (Wildman–Crippen LogP) is 3.56. The molecule has 0 aliphatic carbocycles. The standard InChI is InChI=1S/C16H20ClNO2/c1-2-12-6-7-16(20)18(9-8-12)11-15(19)13-4-3-5-14(17)10-13/h3-5,10,12H,2,6-9,11H2,1H3. The number of carbonyl (C=O) groups excluding carboxylic acids is 2. The van der Waals surface area contributed by atoms with E-state index in [4.69, 9.17) is 11.6 Å². The van der Waals surface area contributed by atoms with Crippen LogP contribution >= 0.6 is 11.6 Å². The summed E-state index contributed by atoms with van der Waals surface area (Å²) in [5, 5.41) is 0.545. The molecule has 0 N–H and O–H groups in total. The molecule has 0 saturated carbocycles. The third kappa shape index (κ3) is 3.83. The Hall–Kier alpha value is -1.35. The largest absolute Gasteiger partial charge is 0.335 e. The quantitative estimate of drug-likeness (QED) is 0.796. The van der Waals surface area contributed by atoms with Gasteiger partial charge in [0, 0.05) is 23.6 Å². The summed E-state index contributed by atoms with van der Waals surface area (Å²) in [6.07, 6.45) is 3.59. The van der Waals surface area contributed by atoms with Crippen LogP contribution in [0, 0.1) is 5.92 Å². The van der Waals surface area contributed by atoms with Crippen LogP contribution in [0.1, 0.15) is 43.0 Å². The lowest BCUT2D eigenvalue weighted by Gasteiger charge is -2.20. The summed E-state index contributed by atoms with van der Waals surface area (Å²) < 4.78 is 0. The first-order chi connectivity index (χ1) is 9.60. The van der Waals surface area contributed by atoms with Crippen molar-refractivity contribution in [3.05, 3.63) is 34.9 Å². The summed E-state index contributed by atoms with van der Waals surface area (Å²) in [4.78, 5) is 26.0. The van der Waals surface area contributed by atoms with E-state index in [1.165, 1.54) is 0 Å². The fourth-order valence-electron chi connectivity index (χ4n) is 2.60. The van der Waals surface area contributed by atoms with Crippen LogP contribution < -0.4 is 0 Å². The van der Waals surface area contributed by atoms with Gasteiger partial charge in [-0.3, -0.25) is 9.59 Å². The first-order valence-electron chi connectivity index (χ1n) is 7.16. The zero-order chi connectivity index (χ0) is 14.5. The molecule has 108 valence electrons. The van der Waals surface area contributed by atoms with Gasteiger partial charge in [0.1, 0.15) is 0 Å². The Bertz CT molecular complexity index is 501. The third-order valence-corrected chi connectivity index (χ3v) is 4.22. The lowest BCUT2D eigenvalue weighted by atomic mass is 9.98. The molecule has 1 aliphatic rings. The van der Waals surface area contributed by atoms with Gasteiger partial charge in [-0.1, -0.05) is 37.1 Å². The van der Waals surface area contributed by atoms with Crippen LogP contribution in [0.5, 0.6) is 0 Å². The zero-order valence-electron chi connectivity index (χ0n) is 11.8. The zero-order valence-corrected chi connectivity index (χ0v) is 12.5. The molecule has 0 spiro atoms. The molecule has 1 aliphatic heterocycles. The van der Waals surface area contributed by atoms with E-state index in [1.807, 2.05) is 0 Å². The Kier molecular flexibility index (Phi) is 5.18. The molecular formula is C16H20ClNO2. The average Bonchev–Trinajstić information content (AvgIpc) is 2.62. The van der Waals surface area contributed by atoms with Crippen molar-refractivity contribution in [2.75, 3.05) is 13.1 Å². The highest BCUT2D eigenvalue weighted by Crippen LogP contribution is 2.21. The maximum Gasteiger partial charge on any atom is 0.222 e. The maximum atomic E-state index is 12.2. The Morgan fingerprint density at radius 1 is 1.40 bits per heavy atom. The number of nitrogens with zero attached hydrogens (tertiary/aromatic N) is 1. The molecule has 0 bridgehead atoms. The summed E-state index contributed by atoms with van der Waals surface area (Å²) in [6, 6.07) is 6.89. The van der Waals surface area contributed by atoms with Gasteiger partial charge in [0.25, 0.3) is 0 Å². The summed E-state index contributed by atoms with van der Waals surface area (Å²) in [7, 11) is 0. The molecule has 1 heterocycles. The minimum Gasteiger partial charge on any atom is -0.335 e. The van der Waals surface area contributed by atoms with Crippen molar-refractivity contribution in [3.8, 4) is 0 Å². The van der Waals surface area contributed by atoms with E-state index in [-0.39, 0.29) is 18.2 Å². The maximum absolute atomic E-state index is 12.2. The van der Waals surface area contributed by atoms with Gasteiger partial charge in [-0.15, -0.1) is 0 Å². The van der Waals surface area contributed by atoms with Gasteiger partial charge in [0.15, 0.2) is 5.78 Å². The van der Waals surface area contributed by atoms with E-state index in [9.17, 15) is 9.59 Å². The van der Waals surface area contributed by atoms with Crippen LogP contribution in [0.4, 0.5) is 0 Å². The monoisotopic (exact) mass is 293 g/mol. The second-order valence-corrected chi connectivity index (χ2v) is 5.79. The van der Waals surface area contributed by atoms with E-state index in [1.54, 1.807) is 29.2 Å². The summed E-state index contributed by atoms with van der Waals surface area (Å²) in [5.74, 6) is 0.650. The lowest BCUT2D eigenvalue weighted by molar-refractivity contribution is -0.130. The molecule has 1 atom stereocenters. The summed E-state index contributed by atoms with van der Waals surface area (Å²) >= 11 is 5.89. The third-order valence-electron chi connectivity index (χ3n) is 3.98. The van der Waals surface area contributed by atoms with Gasteiger partial charge in [-0.05, 0) is 30.9 Å². The van der Waals surface area contributed by atoms with Gasteiger partial charge in [0.05, 0.1) is 6.54 Å². The number of carbonyl (C=O) groups is 2. The first kappa shape index (κ1) is 15.0. The van der Waals surface area contributed by atoms with Crippen molar-refractivity contribution in [2.45, 2.75) is 32.6 Å². The molecule has 1 unspecified atom stereocenters. The van der Waals surface area contributed by atoms with Crippen LogP contribution in [0.3, 0.4) is 0 Å². The summed E-state index contributed by atoms with van der Waals surface area (Å²) in [6.45, 7) is 3.00. The molecule has 0 radical (unpaired) electrons. The Morgan fingerprint density at radius 3 is 2.90 bits per heavy atom. The van der Waals surface area contributed by atoms with Gasteiger partial charge in [-0.2, -0.15) is 0 Å². The molecular weight excluding hydrogens is 274 g/mol. The van der Waals surface area contributed by atoms with Crippen LogP contribution in [0.2, 0.25) is 5.02 Å². The van der Waals surface area contributed by atoms with Crippen LogP contribution in [-0.4, -0.2) is 29.7 Å². The van der Waals surface area contributed by atoms with Crippen molar-refractivity contribution >= 4 is 23.3 Å². The number of hydrogen-bond acceptors (Lipinski definition) is 2. The molecule has 1 aromatic rings. The number of amides is 1. The molecule has 1 saturated heterocycles. The van der Waals surface area contributed by atoms with Crippen LogP contribution in [0.15, 0.2) is 24.3 Å². The van der Waals surface area contributed by atoms with E-state index in [0.29, 0.717) is 29.5 Å². The van der Waals surface area contributed by atoms with Crippen molar-refractivity contribution in [1.82, 2.24) is 4.90 Å². The fraction of sp³-hybridized carbons (Fsp3) is 0.500. The van der Waals surface area contributed by atoms with Crippen molar-refractivity contribution < 1.29 is 9.59 Å². The highest BCUT2D eigenvalue weighted by molar-refractivity contribution is 6.31. The van der Waals surface area contributed by atoms with E-state index < -0.39 is 0 Å². The minimum atomic E-state index is -0.0456. The van der Waals surface area contributed by atoms with Crippen LogP contribution in [-0.2, 0) is 4.79 Å². The van der Waals surface area contributed by atoms with E-state index >= 15 is 0 Å². The van der Waals surface area contributed by atoms with Gasteiger partial charge in [0.2, 0.25) is 5.91 Å². The van der Waals surface area contributed by atoms with E-state index in [0.717, 1.165) is 19.3 Å². The fourth-order valence-corrected chi connectivity index (χ4v) is 2.79. The van der Waals surface area contributed by atoms with Crippen LogP contribution in [0.25, 0.3) is 0 Å². The topological polar surface area (TPSA) is 37.4 Å². The Morgan fingerprint density at radius 2 is 2.20 bits per heavy atom. The lowest BCUT2D eigenvalue weighted by Crippen LogP contribution is -2.35. The second-order valence-electron chi connectivity index (χ2n) is 5.35. The number of halogens is 1. The molecule has 1 fully saturated rings. The van der Waals surface area contributed by atoms with E-state index in [2.05, 4.69) is 6.92 Å². The number of likely N-dealkylation sites (tertiary alicyclic amines) is 1. The van der Waals surface area contributed by atoms with Crippen molar-refractivity contribution in [3.63, 3.8) is 0 Å². The number of Topliss-reactive ketones (excluding diaryl/α,β-unsaturated/α-hetero) is 1. The SMILES string of the molecule is CCC1CCC(=O)N(CC(=O)c2cccc(Cl)c2)CC1. The van der Waals surface area contributed by atoms with Gasteiger partial charge in [-0.25, -0.2) is 0 Å². The molecule has 4 heteroatoms. The van der Waals surface area contributed by atoms with Crippen molar-refractivity contribution in [1.29, 1.82) is 0 Å². The molecule has 3 nitrogen and oxygen atoms in total. The molecule has 2 rings (SSSR count). The van der Waals surface area contributed by atoms with Gasteiger partial charge < -0.3 is 4.90 Å². The first-order valence-corrected chi connectivity index (χ1v) is 7.54. The molecule has 20 heavy (non-hydrogen) atoms. The smallest absolute Gasteiger partial charge is 0.222 e. The Labute approximate surface area is 124 Å². The highest BCUT2D eigenvalue weighted by atomic mass is 35.5. The molecule has 1 amide bonds. The number of rotatable bonds is 4. The minimum absolute atomic E-state index is 0.0456.